The summed E-state index contributed by atoms with van der Waals surface area (Å²) in [6.07, 6.45) is 0.759. The Labute approximate surface area is 160 Å². The summed E-state index contributed by atoms with van der Waals surface area (Å²) < 4.78 is 19.5. The highest BCUT2D eigenvalue weighted by atomic mass is 19.1. The molecule has 142 valence electrons. The van der Waals surface area contributed by atoms with E-state index in [1.165, 1.54) is 0 Å². The number of hydrogen-bond acceptors (Lipinski definition) is 4. The first-order chi connectivity index (χ1) is 13.5. The van der Waals surface area contributed by atoms with E-state index in [9.17, 15) is 19.3 Å². The smallest absolute Gasteiger partial charge is 0.271 e. The number of nitro benzene ring substituents is 1. The van der Waals surface area contributed by atoms with Gasteiger partial charge in [0.25, 0.3) is 11.6 Å². The molecule has 3 aromatic carbocycles. The van der Waals surface area contributed by atoms with E-state index < -0.39 is 16.6 Å². The van der Waals surface area contributed by atoms with Crippen molar-refractivity contribution in [2.75, 3.05) is 11.9 Å². The maximum Gasteiger partial charge on any atom is 0.271 e. The SMILES string of the molecule is O=C(Nc1cc([N+](=O)[O-])ccc1F)c1ccc(OCCc2ccccc2)cc1. The van der Waals surface area contributed by atoms with Crippen molar-refractivity contribution >= 4 is 17.3 Å². The number of carbonyl (C=O) groups is 1. The van der Waals surface area contributed by atoms with Crippen molar-refractivity contribution in [2.45, 2.75) is 6.42 Å². The number of nitrogens with zero attached hydrogens (tertiary/aromatic N) is 1. The van der Waals surface area contributed by atoms with Gasteiger partial charge in [-0.15, -0.1) is 0 Å². The van der Waals surface area contributed by atoms with E-state index in [-0.39, 0.29) is 16.9 Å². The second-order valence-corrected chi connectivity index (χ2v) is 5.98. The van der Waals surface area contributed by atoms with Gasteiger partial charge in [-0.3, -0.25) is 14.9 Å². The first-order valence-corrected chi connectivity index (χ1v) is 8.55. The number of rotatable bonds is 7. The zero-order valence-electron chi connectivity index (χ0n) is 14.8. The average molecular weight is 380 g/mol. The van der Waals surface area contributed by atoms with Crippen LogP contribution in [-0.2, 0) is 6.42 Å². The molecule has 0 aliphatic heterocycles. The molecule has 0 bridgehead atoms. The number of non-ortho nitro benzene ring substituents is 1. The molecule has 3 rings (SSSR count). The summed E-state index contributed by atoms with van der Waals surface area (Å²) >= 11 is 0. The lowest BCUT2D eigenvalue weighted by Gasteiger charge is -2.09. The Kier molecular flexibility index (Phi) is 5.96. The molecular weight excluding hydrogens is 363 g/mol. The van der Waals surface area contributed by atoms with Crippen molar-refractivity contribution in [3.8, 4) is 5.75 Å². The topological polar surface area (TPSA) is 81.5 Å². The standard InChI is InChI=1S/C21H17FN2O4/c22-19-11-8-17(24(26)27)14-20(19)23-21(25)16-6-9-18(10-7-16)28-13-12-15-4-2-1-3-5-15/h1-11,14H,12-13H2,(H,23,25). The lowest BCUT2D eigenvalue weighted by molar-refractivity contribution is -0.384. The molecule has 0 unspecified atom stereocenters. The van der Waals surface area contributed by atoms with Crippen molar-refractivity contribution in [1.82, 2.24) is 0 Å². The second-order valence-electron chi connectivity index (χ2n) is 5.98. The minimum absolute atomic E-state index is 0.248. The summed E-state index contributed by atoms with van der Waals surface area (Å²) in [5, 5.41) is 13.1. The van der Waals surface area contributed by atoms with Gasteiger partial charge in [0, 0.05) is 24.1 Å². The van der Waals surface area contributed by atoms with Gasteiger partial charge in [0.1, 0.15) is 11.6 Å². The molecule has 0 fully saturated rings. The fourth-order valence-corrected chi connectivity index (χ4v) is 2.55. The Bertz CT molecular complexity index is 975. The fourth-order valence-electron chi connectivity index (χ4n) is 2.55. The van der Waals surface area contributed by atoms with Crippen LogP contribution in [0.1, 0.15) is 15.9 Å². The highest BCUT2D eigenvalue weighted by molar-refractivity contribution is 6.04. The maximum absolute atomic E-state index is 13.8. The quantitative estimate of drug-likeness (QED) is 0.479. The third kappa shape index (κ3) is 4.91. The summed E-state index contributed by atoms with van der Waals surface area (Å²) in [5.74, 6) is -0.718. The van der Waals surface area contributed by atoms with Gasteiger partial charge in [-0.05, 0) is 35.9 Å². The van der Waals surface area contributed by atoms with Crippen LogP contribution in [0.3, 0.4) is 0 Å². The number of anilines is 1. The van der Waals surface area contributed by atoms with Crippen LogP contribution < -0.4 is 10.1 Å². The van der Waals surface area contributed by atoms with Crippen molar-refractivity contribution in [1.29, 1.82) is 0 Å². The first-order valence-electron chi connectivity index (χ1n) is 8.55. The largest absolute Gasteiger partial charge is 0.493 e. The predicted octanol–water partition coefficient (Wildman–Crippen LogP) is 4.61. The second kappa shape index (κ2) is 8.77. The van der Waals surface area contributed by atoms with Crippen LogP contribution in [0.15, 0.2) is 72.8 Å². The molecule has 28 heavy (non-hydrogen) atoms. The summed E-state index contributed by atoms with van der Waals surface area (Å²) in [4.78, 5) is 22.4. The van der Waals surface area contributed by atoms with Crippen LogP contribution in [-0.4, -0.2) is 17.4 Å². The highest BCUT2D eigenvalue weighted by Gasteiger charge is 2.14. The number of hydrogen-bond donors (Lipinski definition) is 1. The van der Waals surface area contributed by atoms with Gasteiger partial charge in [0.2, 0.25) is 0 Å². The number of nitro groups is 1. The first kappa shape index (κ1) is 19.0. The molecule has 1 N–H and O–H groups in total. The van der Waals surface area contributed by atoms with Gasteiger partial charge in [-0.25, -0.2) is 4.39 Å². The molecule has 0 saturated carbocycles. The van der Waals surface area contributed by atoms with E-state index in [0.717, 1.165) is 30.2 Å². The van der Waals surface area contributed by atoms with Gasteiger partial charge in [0.15, 0.2) is 0 Å². The van der Waals surface area contributed by atoms with Crippen molar-refractivity contribution in [2.24, 2.45) is 0 Å². The molecular formula is C21H17FN2O4. The number of nitrogens with one attached hydrogen (secondary N) is 1. The third-order valence-corrected chi connectivity index (χ3v) is 4.03. The van der Waals surface area contributed by atoms with Crippen molar-refractivity contribution < 1.29 is 18.8 Å². The molecule has 1 amide bonds. The summed E-state index contributed by atoms with van der Waals surface area (Å²) in [5.41, 5.74) is 0.889. The number of amides is 1. The third-order valence-electron chi connectivity index (χ3n) is 4.03. The molecule has 7 heteroatoms. The molecule has 0 saturated heterocycles. The minimum Gasteiger partial charge on any atom is -0.493 e. The van der Waals surface area contributed by atoms with Crippen molar-refractivity contribution in [3.63, 3.8) is 0 Å². The van der Waals surface area contributed by atoms with E-state index in [1.54, 1.807) is 24.3 Å². The van der Waals surface area contributed by atoms with Crippen LogP contribution in [0.5, 0.6) is 5.75 Å². The Morgan fingerprint density at radius 3 is 2.43 bits per heavy atom. The zero-order chi connectivity index (χ0) is 19.9. The Balaban J connectivity index is 1.59. The summed E-state index contributed by atoms with van der Waals surface area (Å²) in [6.45, 7) is 0.494. The number of carbonyl (C=O) groups excluding carboxylic acids is 1. The number of ether oxygens (including phenoxy) is 1. The number of benzene rings is 3. The Morgan fingerprint density at radius 1 is 1.04 bits per heavy atom. The van der Waals surface area contributed by atoms with Crippen LogP contribution in [0.4, 0.5) is 15.8 Å². The van der Waals surface area contributed by atoms with E-state index in [2.05, 4.69) is 5.32 Å². The fraction of sp³-hybridized carbons (Fsp3) is 0.0952. The molecule has 0 spiro atoms. The Hall–Kier alpha value is -3.74. The minimum atomic E-state index is -0.750. The summed E-state index contributed by atoms with van der Waals surface area (Å²) in [6, 6.07) is 19.2. The van der Waals surface area contributed by atoms with Crippen molar-refractivity contribution in [3.05, 3.63) is 99.9 Å². The average Bonchev–Trinajstić information content (AvgIpc) is 2.70. The van der Waals surface area contributed by atoms with Crippen LogP contribution >= 0.6 is 0 Å². The molecule has 0 aliphatic carbocycles. The van der Waals surface area contributed by atoms with Gasteiger partial charge >= 0.3 is 0 Å². The molecule has 3 aromatic rings. The molecule has 0 atom stereocenters. The van der Waals surface area contributed by atoms with Crippen LogP contribution in [0.25, 0.3) is 0 Å². The highest BCUT2D eigenvalue weighted by Crippen LogP contribution is 2.22. The molecule has 0 heterocycles. The number of halogens is 1. The predicted molar refractivity (Wildman–Crippen MR) is 103 cm³/mol. The van der Waals surface area contributed by atoms with E-state index >= 15 is 0 Å². The van der Waals surface area contributed by atoms with Gasteiger partial charge < -0.3 is 10.1 Å². The molecule has 6 nitrogen and oxygen atoms in total. The van der Waals surface area contributed by atoms with E-state index in [0.29, 0.717) is 12.4 Å². The molecule has 0 aromatic heterocycles. The van der Waals surface area contributed by atoms with E-state index in [4.69, 9.17) is 4.74 Å². The summed E-state index contributed by atoms with van der Waals surface area (Å²) in [7, 11) is 0. The zero-order valence-corrected chi connectivity index (χ0v) is 14.8. The monoisotopic (exact) mass is 380 g/mol. The molecule has 0 radical (unpaired) electrons. The van der Waals surface area contributed by atoms with Gasteiger partial charge in [-0.1, -0.05) is 30.3 Å². The lowest BCUT2D eigenvalue weighted by Crippen LogP contribution is -2.13. The Morgan fingerprint density at radius 2 is 1.75 bits per heavy atom. The maximum atomic E-state index is 13.8. The normalized spacial score (nSPS) is 10.3. The van der Waals surface area contributed by atoms with Crippen LogP contribution in [0, 0.1) is 15.9 Å². The molecule has 0 aliphatic rings. The lowest BCUT2D eigenvalue weighted by atomic mass is 10.1. The van der Waals surface area contributed by atoms with Gasteiger partial charge in [0.05, 0.1) is 17.2 Å². The van der Waals surface area contributed by atoms with E-state index in [1.807, 2.05) is 30.3 Å². The van der Waals surface area contributed by atoms with Gasteiger partial charge in [-0.2, -0.15) is 0 Å². The van der Waals surface area contributed by atoms with Crippen LogP contribution in [0.2, 0.25) is 0 Å².